The summed E-state index contributed by atoms with van der Waals surface area (Å²) < 4.78 is 24.2. The fourth-order valence-electron chi connectivity index (χ4n) is 0.932. The highest BCUT2D eigenvalue weighted by molar-refractivity contribution is 4.84. The van der Waals surface area contributed by atoms with Gasteiger partial charge in [0.15, 0.2) is 11.6 Å². The minimum Gasteiger partial charge on any atom is -0.352 e. The molecule has 1 rings (SSSR count). The summed E-state index contributed by atoms with van der Waals surface area (Å²) in [5, 5.41) is 3.78. The van der Waals surface area contributed by atoms with Crippen molar-refractivity contribution in [2.24, 2.45) is 0 Å². The molecule has 0 spiro atoms. The van der Waals surface area contributed by atoms with Gasteiger partial charge < -0.3 is 9.47 Å². The number of rotatable bonds is 4. The van der Waals surface area contributed by atoms with Gasteiger partial charge >= 0.3 is 0 Å². The van der Waals surface area contributed by atoms with E-state index in [1.165, 1.54) is 25.1 Å². The Balaban J connectivity index is 2.67. The molecule has 0 N–H and O–H groups in total. The molecule has 1 aromatic rings. The summed E-state index contributed by atoms with van der Waals surface area (Å²) in [5.41, 5.74) is 0. The maximum atomic E-state index is 12.5. The Morgan fingerprint density at radius 1 is 1.54 bits per heavy atom. The van der Waals surface area contributed by atoms with Crippen LogP contribution in [0.3, 0.4) is 0 Å². The molecule has 0 saturated heterocycles. The molecule has 1 aromatic heterocycles. The van der Waals surface area contributed by atoms with Gasteiger partial charge in [0.2, 0.25) is 0 Å². The molecule has 0 radical (unpaired) electrons. The summed E-state index contributed by atoms with van der Waals surface area (Å²) in [6, 6.07) is 0. The van der Waals surface area contributed by atoms with Crippen molar-refractivity contribution in [1.29, 1.82) is 0 Å². The number of aromatic nitrogens is 2. The zero-order chi connectivity index (χ0) is 9.90. The lowest BCUT2D eigenvalue weighted by atomic mass is 10.3. The van der Waals surface area contributed by atoms with E-state index >= 15 is 0 Å². The van der Waals surface area contributed by atoms with Crippen molar-refractivity contribution >= 4 is 0 Å². The van der Waals surface area contributed by atoms with E-state index in [0.717, 1.165) is 6.20 Å². The van der Waals surface area contributed by atoms with Gasteiger partial charge in [0.25, 0.3) is 0 Å². The summed E-state index contributed by atoms with van der Waals surface area (Å²) in [7, 11) is 3.06. The van der Waals surface area contributed by atoms with Crippen molar-refractivity contribution in [3.05, 3.63) is 18.2 Å². The van der Waals surface area contributed by atoms with Gasteiger partial charge in [0.1, 0.15) is 0 Å². The SMILES string of the molecule is COC(C)(Cn1cc(F)cn1)OC. The zero-order valence-electron chi connectivity index (χ0n) is 7.95. The number of ether oxygens (including phenoxy) is 2. The second-order valence-electron chi connectivity index (χ2n) is 2.90. The van der Waals surface area contributed by atoms with E-state index in [0.29, 0.717) is 6.54 Å². The Kier molecular flexibility index (Phi) is 3.00. The Labute approximate surface area is 76.3 Å². The molecular weight excluding hydrogens is 175 g/mol. The zero-order valence-corrected chi connectivity index (χ0v) is 7.95. The molecule has 0 bridgehead atoms. The second kappa shape index (κ2) is 3.85. The third-order valence-electron chi connectivity index (χ3n) is 1.91. The second-order valence-corrected chi connectivity index (χ2v) is 2.90. The van der Waals surface area contributed by atoms with E-state index in [2.05, 4.69) is 5.10 Å². The van der Waals surface area contributed by atoms with Gasteiger partial charge in [-0.3, -0.25) is 4.68 Å². The molecule has 4 nitrogen and oxygen atoms in total. The van der Waals surface area contributed by atoms with Crippen molar-refractivity contribution < 1.29 is 13.9 Å². The van der Waals surface area contributed by atoms with Crippen LogP contribution in [0.4, 0.5) is 4.39 Å². The Morgan fingerprint density at radius 3 is 2.54 bits per heavy atom. The molecule has 13 heavy (non-hydrogen) atoms. The van der Waals surface area contributed by atoms with Gasteiger partial charge in [-0.25, -0.2) is 4.39 Å². The van der Waals surface area contributed by atoms with Gasteiger partial charge in [0.05, 0.1) is 18.9 Å². The van der Waals surface area contributed by atoms with Gasteiger partial charge in [-0.05, 0) is 6.92 Å². The van der Waals surface area contributed by atoms with Crippen molar-refractivity contribution in [3.63, 3.8) is 0 Å². The summed E-state index contributed by atoms with van der Waals surface area (Å²) in [4.78, 5) is 0. The van der Waals surface area contributed by atoms with Crippen LogP contribution in [0.2, 0.25) is 0 Å². The first-order valence-electron chi connectivity index (χ1n) is 3.88. The van der Waals surface area contributed by atoms with E-state index in [9.17, 15) is 4.39 Å². The van der Waals surface area contributed by atoms with E-state index in [4.69, 9.17) is 9.47 Å². The summed E-state index contributed by atoms with van der Waals surface area (Å²) in [6.07, 6.45) is 2.43. The van der Waals surface area contributed by atoms with E-state index < -0.39 is 5.79 Å². The molecular formula is C8H13FN2O2. The number of hydrogen-bond donors (Lipinski definition) is 0. The first-order chi connectivity index (χ1) is 6.09. The highest BCUT2D eigenvalue weighted by Gasteiger charge is 2.23. The lowest BCUT2D eigenvalue weighted by Gasteiger charge is -2.25. The fraction of sp³-hybridized carbons (Fsp3) is 0.625. The summed E-state index contributed by atoms with van der Waals surface area (Å²) >= 11 is 0. The van der Waals surface area contributed by atoms with Gasteiger partial charge in [-0.15, -0.1) is 0 Å². The largest absolute Gasteiger partial charge is 0.352 e. The molecule has 1 heterocycles. The van der Waals surface area contributed by atoms with Crippen LogP contribution < -0.4 is 0 Å². The van der Waals surface area contributed by atoms with Gasteiger partial charge in [-0.1, -0.05) is 0 Å². The lowest BCUT2D eigenvalue weighted by molar-refractivity contribution is -0.202. The number of halogens is 1. The minimum atomic E-state index is -0.765. The monoisotopic (exact) mass is 188 g/mol. The normalized spacial score (nSPS) is 12.0. The highest BCUT2D eigenvalue weighted by atomic mass is 19.1. The first kappa shape index (κ1) is 10.1. The van der Waals surface area contributed by atoms with Crippen LogP contribution in [0.5, 0.6) is 0 Å². The van der Waals surface area contributed by atoms with Crippen LogP contribution in [-0.4, -0.2) is 29.8 Å². The topological polar surface area (TPSA) is 36.3 Å². The van der Waals surface area contributed by atoms with Crippen LogP contribution in [0, 0.1) is 5.82 Å². The van der Waals surface area contributed by atoms with Crippen molar-refractivity contribution in [1.82, 2.24) is 9.78 Å². The van der Waals surface area contributed by atoms with E-state index in [1.807, 2.05) is 0 Å². The molecule has 0 aliphatic rings. The van der Waals surface area contributed by atoms with Crippen molar-refractivity contribution in [3.8, 4) is 0 Å². The third-order valence-corrected chi connectivity index (χ3v) is 1.91. The van der Waals surface area contributed by atoms with Crippen molar-refractivity contribution in [2.45, 2.75) is 19.3 Å². The molecule has 0 amide bonds. The number of nitrogens with zero attached hydrogens (tertiary/aromatic N) is 2. The van der Waals surface area contributed by atoms with E-state index in [-0.39, 0.29) is 5.82 Å². The molecule has 0 fully saturated rings. The van der Waals surface area contributed by atoms with Gasteiger partial charge in [-0.2, -0.15) is 5.10 Å². The van der Waals surface area contributed by atoms with Crippen LogP contribution in [0.15, 0.2) is 12.4 Å². The maximum absolute atomic E-state index is 12.5. The van der Waals surface area contributed by atoms with E-state index in [1.54, 1.807) is 6.92 Å². The Bertz CT molecular complexity index is 271. The Morgan fingerprint density at radius 2 is 2.15 bits per heavy atom. The maximum Gasteiger partial charge on any atom is 0.184 e. The minimum absolute atomic E-state index is 0.351. The van der Waals surface area contributed by atoms with Crippen LogP contribution in [-0.2, 0) is 16.0 Å². The third kappa shape index (κ3) is 2.50. The lowest BCUT2D eigenvalue weighted by Crippen LogP contribution is -2.35. The van der Waals surface area contributed by atoms with Crippen LogP contribution in [0.25, 0.3) is 0 Å². The Hall–Kier alpha value is -0.940. The molecule has 0 atom stereocenters. The standard InChI is InChI=1S/C8H13FN2O2/c1-8(12-2,13-3)6-11-5-7(9)4-10-11/h4-5H,6H2,1-3H3. The quantitative estimate of drug-likeness (QED) is 0.662. The molecule has 74 valence electrons. The van der Waals surface area contributed by atoms with Crippen LogP contribution >= 0.6 is 0 Å². The molecule has 0 aliphatic heterocycles. The van der Waals surface area contributed by atoms with Gasteiger partial charge in [0, 0.05) is 14.2 Å². The molecule has 5 heteroatoms. The highest BCUT2D eigenvalue weighted by Crippen LogP contribution is 2.12. The average Bonchev–Trinajstić information content (AvgIpc) is 2.51. The fourth-order valence-corrected chi connectivity index (χ4v) is 0.932. The number of hydrogen-bond acceptors (Lipinski definition) is 3. The smallest absolute Gasteiger partial charge is 0.184 e. The molecule has 0 unspecified atom stereocenters. The molecule has 0 aromatic carbocycles. The summed E-state index contributed by atoms with van der Waals surface area (Å²) in [5.74, 6) is -1.13. The number of methoxy groups -OCH3 is 2. The predicted molar refractivity (Wildman–Crippen MR) is 44.6 cm³/mol. The van der Waals surface area contributed by atoms with Crippen LogP contribution in [0.1, 0.15) is 6.92 Å². The predicted octanol–water partition coefficient (Wildman–Crippen LogP) is 1.03. The summed E-state index contributed by atoms with van der Waals surface area (Å²) in [6.45, 7) is 2.11. The average molecular weight is 188 g/mol. The van der Waals surface area contributed by atoms with Crippen molar-refractivity contribution in [2.75, 3.05) is 14.2 Å². The molecule has 0 saturated carbocycles. The first-order valence-corrected chi connectivity index (χ1v) is 3.88. The molecule has 0 aliphatic carbocycles.